The maximum Gasteiger partial charge on any atom is 0.257 e. The average Bonchev–Trinajstić information content (AvgIpc) is 2.59. The number of nitrogens with one attached hydrogen (secondary N) is 1. The average molecular weight is 397 g/mol. The number of hydrogen-bond acceptors (Lipinski definition) is 2. The first kappa shape index (κ1) is 17.2. The fourth-order valence-corrected chi connectivity index (χ4v) is 2.77. The van der Waals surface area contributed by atoms with Gasteiger partial charge in [-0.25, -0.2) is 0 Å². The first-order valence-corrected chi connectivity index (χ1v) is 8.63. The minimum Gasteiger partial charge on any atom is -0.322 e. The molecule has 0 aliphatic rings. The minimum atomic E-state index is -0.241. The lowest BCUT2D eigenvalue weighted by Crippen LogP contribution is -2.22. The predicted octanol–water partition coefficient (Wildman–Crippen LogP) is 4.22. The Bertz CT molecular complexity index is 962. The number of amides is 1. The summed E-state index contributed by atoms with van der Waals surface area (Å²) in [7, 11) is 0. The van der Waals surface area contributed by atoms with E-state index >= 15 is 0 Å². The molecule has 3 rings (SSSR count). The molecular weight excluding hydrogens is 380 g/mol. The van der Waals surface area contributed by atoms with Gasteiger partial charge >= 0.3 is 0 Å². The molecule has 0 atom stereocenters. The van der Waals surface area contributed by atoms with Crippen molar-refractivity contribution < 1.29 is 4.79 Å². The van der Waals surface area contributed by atoms with Crippen LogP contribution in [0.2, 0.25) is 0 Å². The summed E-state index contributed by atoms with van der Waals surface area (Å²) in [6, 6.07) is 18.3. The van der Waals surface area contributed by atoms with Crippen LogP contribution >= 0.6 is 15.9 Å². The van der Waals surface area contributed by atoms with Gasteiger partial charge in [0.1, 0.15) is 0 Å². The summed E-state index contributed by atoms with van der Waals surface area (Å²) in [4.78, 5) is 24.5. The van der Waals surface area contributed by atoms with E-state index in [9.17, 15) is 9.59 Å². The van der Waals surface area contributed by atoms with Crippen LogP contribution in [0.25, 0.3) is 0 Å². The van der Waals surface area contributed by atoms with Crippen molar-refractivity contribution in [2.45, 2.75) is 13.5 Å². The van der Waals surface area contributed by atoms with Gasteiger partial charge in [-0.2, -0.15) is 0 Å². The lowest BCUT2D eigenvalue weighted by molar-refractivity contribution is 0.102. The molecule has 5 heteroatoms. The largest absolute Gasteiger partial charge is 0.322 e. The topological polar surface area (TPSA) is 51.1 Å². The zero-order valence-electron chi connectivity index (χ0n) is 13.7. The molecule has 1 N–H and O–H groups in total. The molecule has 0 aliphatic heterocycles. The highest BCUT2D eigenvalue weighted by molar-refractivity contribution is 9.10. The van der Waals surface area contributed by atoms with E-state index < -0.39 is 0 Å². The molecule has 0 radical (unpaired) electrons. The van der Waals surface area contributed by atoms with Gasteiger partial charge in [0.05, 0.1) is 12.1 Å². The van der Waals surface area contributed by atoms with Crippen LogP contribution in [0.3, 0.4) is 0 Å². The number of carbonyl (C=O) groups is 1. The van der Waals surface area contributed by atoms with Crippen LogP contribution in [0.1, 0.15) is 21.5 Å². The number of aromatic nitrogens is 1. The van der Waals surface area contributed by atoms with Gasteiger partial charge in [-0.15, -0.1) is 0 Å². The van der Waals surface area contributed by atoms with Gasteiger partial charge in [0, 0.05) is 22.4 Å². The Kier molecular flexibility index (Phi) is 5.14. The number of pyridine rings is 1. The number of hydrogen-bond donors (Lipinski definition) is 1. The number of anilines is 1. The van der Waals surface area contributed by atoms with Gasteiger partial charge in [0.2, 0.25) is 0 Å². The highest BCUT2D eigenvalue weighted by Crippen LogP contribution is 2.13. The zero-order chi connectivity index (χ0) is 17.8. The Labute approximate surface area is 154 Å². The number of carbonyl (C=O) groups excluding carboxylic acids is 1. The summed E-state index contributed by atoms with van der Waals surface area (Å²) < 4.78 is 2.52. The first-order chi connectivity index (χ1) is 12.0. The molecule has 1 heterocycles. The first-order valence-electron chi connectivity index (χ1n) is 7.84. The van der Waals surface area contributed by atoms with Crippen LogP contribution in [0.15, 0.2) is 76.1 Å². The van der Waals surface area contributed by atoms with Crippen LogP contribution in [-0.4, -0.2) is 10.5 Å². The maximum atomic E-state index is 12.5. The molecular formula is C20H17BrN2O2. The molecule has 0 spiro atoms. The fourth-order valence-electron chi connectivity index (χ4n) is 2.50. The van der Waals surface area contributed by atoms with Gasteiger partial charge in [0.25, 0.3) is 11.5 Å². The molecule has 4 nitrogen and oxygen atoms in total. The second-order valence-electron chi connectivity index (χ2n) is 5.83. The molecule has 1 amide bonds. The van der Waals surface area contributed by atoms with Gasteiger partial charge < -0.3 is 9.88 Å². The van der Waals surface area contributed by atoms with E-state index in [-0.39, 0.29) is 11.5 Å². The van der Waals surface area contributed by atoms with Gasteiger partial charge in [-0.05, 0) is 48.4 Å². The monoisotopic (exact) mass is 396 g/mol. The second-order valence-corrected chi connectivity index (χ2v) is 6.75. The number of rotatable bonds is 4. The SMILES string of the molecule is Cc1cccc(NC(=O)c2ccc(=O)n(Cc3ccc(Br)cc3)c2)c1. The number of halogens is 1. The zero-order valence-corrected chi connectivity index (χ0v) is 15.3. The third-order valence-corrected chi connectivity index (χ3v) is 4.32. The summed E-state index contributed by atoms with van der Waals surface area (Å²) in [6.45, 7) is 2.38. The summed E-state index contributed by atoms with van der Waals surface area (Å²) in [5, 5.41) is 2.86. The molecule has 0 saturated carbocycles. The van der Waals surface area contributed by atoms with Gasteiger partial charge in [0.15, 0.2) is 0 Å². The van der Waals surface area contributed by atoms with Gasteiger partial charge in [-0.3, -0.25) is 9.59 Å². The molecule has 126 valence electrons. The van der Waals surface area contributed by atoms with Crippen molar-refractivity contribution in [1.82, 2.24) is 4.57 Å². The van der Waals surface area contributed by atoms with Crippen molar-refractivity contribution in [3.63, 3.8) is 0 Å². The van der Waals surface area contributed by atoms with Crippen molar-refractivity contribution in [2.24, 2.45) is 0 Å². The molecule has 3 aromatic rings. The second kappa shape index (κ2) is 7.49. The molecule has 1 aromatic heterocycles. The Morgan fingerprint density at radius 1 is 1.08 bits per heavy atom. The lowest BCUT2D eigenvalue weighted by atomic mass is 10.2. The van der Waals surface area contributed by atoms with Crippen LogP contribution in [0.4, 0.5) is 5.69 Å². The Morgan fingerprint density at radius 3 is 2.56 bits per heavy atom. The molecule has 0 bridgehead atoms. The predicted molar refractivity (Wildman–Crippen MR) is 103 cm³/mol. The molecule has 0 fully saturated rings. The maximum absolute atomic E-state index is 12.5. The van der Waals surface area contributed by atoms with Crippen molar-refractivity contribution in [2.75, 3.05) is 5.32 Å². The van der Waals surface area contributed by atoms with Crippen LogP contribution in [-0.2, 0) is 6.54 Å². The smallest absolute Gasteiger partial charge is 0.257 e. The standard InChI is InChI=1S/C20H17BrN2O2/c1-14-3-2-4-18(11-14)22-20(25)16-7-10-19(24)23(13-16)12-15-5-8-17(21)9-6-15/h2-11,13H,12H2,1H3,(H,22,25). The van der Waals surface area contributed by atoms with Crippen molar-refractivity contribution in [3.8, 4) is 0 Å². The summed E-state index contributed by atoms with van der Waals surface area (Å²) in [6.07, 6.45) is 1.59. The van der Waals surface area contributed by atoms with Crippen LogP contribution < -0.4 is 10.9 Å². The van der Waals surface area contributed by atoms with Gasteiger partial charge in [-0.1, -0.05) is 40.2 Å². The normalized spacial score (nSPS) is 10.5. The van der Waals surface area contributed by atoms with E-state index in [4.69, 9.17) is 0 Å². The van der Waals surface area contributed by atoms with E-state index in [1.54, 1.807) is 12.3 Å². The van der Waals surface area contributed by atoms with E-state index in [1.807, 2.05) is 55.5 Å². The molecule has 0 aliphatic carbocycles. The van der Waals surface area contributed by atoms with Crippen molar-refractivity contribution in [1.29, 1.82) is 0 Å². The van der Waals surface area contributed by atoms with Crippen molar-refractivity contribution >= 4 is 27.5 Å². The fraction of sp³-hybridized carbons (Fsp3) is 0.100. The highest BCUT2D eigenvalue weighted by atomic mass is 79.9. The molecule has 25 heavy (non-hydrogen) atoms. The summed E-state index contributed by atoms with van der Waals surface area (Å²) in [5.74, 6) is -0.241. The Balaban J connectivity index is 1.82. The number of nitrogens with zero attached hydrogens (tertiary/aromatic N) is 1. The number of aryl methyl sites for hydroxylation is 1. The summed E-state index contributed by atoms with van der Waals surface area (Å²) in [5.41, 5.74) is 3.09. The lowest BCUT2D eigenvalue weighted by Gasteiger charge is -2.10. The number of benzene rings is 2. The third kappa shape index (κ3) is 4.45. The minimum absolute atomic E-state index is 0.143. The van der Waals surface area contributed by atoms with E-state index in [1.165, 1.54) is 10.6 Å². The van der Waals surface area contributed by atoms with Crippen LogP contribution in [0, 0.1) is 6.92 Å². The molecule has 0 saturated heterocycles. The molecule has 2 aromatic carbocycles. The molecule has 0 unspecified atom stereocenters. The third-order valence-electron chi connectivity index (χ3n) is 3.79. The van der Waals surface area contributed by atoms with E-state index in [0.29, 0.717) is 12.1 Å². The Hall–Kier alpha value is -2.66. The van der Waals surface area contributed by atoms with E-state index in [2.05, 4.69) is 21.2 Å². The quantitative estimate of drug-likeness (QED) is 0.717. The highest BCUT2D eigenvalue weighted by Gasteiger charge is 2.09. The van der Waals surface area contributed by atoms with Crippen LogP contribution in [0.5, 0.6) is 0 Å². The van der Waals surface area contributed by atoms with E-state index in [0.717, 1.165) is 21.3 Å². The Morgan fingerprint density at radius 2 is 1.84 bits per heavy atom. The van der Waals surface area contributed by atoms with Crippen molar-refractivity contribution in [3.05, 3.63) is 98.4 Å². The summed E-state index contributed by atoms with van der Waals surface area (Å²) >= 11 is 3.39.